The van der Waals surface area contributed by atoms with Crippen LogP contribution in [0.15, 0.2) is 35.3 Å². The van der Waals surface area contributed by atoms with Crippen LogP contribution in [0.2, 0.25) is 0 Å². The zero-order chi connectivity index (χ0) is 27.5. The first-order chi connectivity index (χ1) is 17.8. The number of alkyl halides is 3. The molecule has 1 aliphatic heterocycles. The Morgan fingerprint density at radius 2 is 1.66 bits per heavy atom. The van der Waals surface area contributed by atoms with Crippen LogP contribution in [-0.2, 0) is 0 Å². The number of halogens is 6. The molecular formula is C24H20F6N4O4. The Bertz CT molecular complexity index is 1460. The zero-order valence-electron chi connectivity index (χ0n) is 19.3. The number of anilines is 1. The van der Waals surface area contributed by atoms with Crippen LogP contribution in [0.3, 0.4) is 0 Å². The second kappa shape index (κ2) is 9.27. The Morgan fingerprint density at radius 3 is 2.21 bits per heavy atom. The average Bonchev–Trinajstić information content (AvgIpc) is 3.61. The summed E-state index contributed by atoms with van der Waals surface area (Å²) in [5.41, 5.74) is -3.20. The number of nitrogens with zero attached hydrogens (tertiary/aromatic N) is 3. The Balaban J connectivity index is 1.68. The molecule has 1 aliphatic carbocycles. The molecule has 3 atom stereocenters. The number of benzene rings is 1. The Kier molecular flexibility index (Phi) is 6.34. The minimum absolute atomic E-state index is 0.0519. The van der Waals surface area contributed by atoms with Gasteiger partial charge in [-0.15, -0.1) is 0 Å². The van der Waals surface area contributed by atoms with E-state index in [1.165, 1.54) is 11.0 Å². The number of aromatic nitrogens is 2. The fraction of sp³-hybridized carbons (Fsp3) is 0.375. The predicted octanol–water partition coefficient (Wildman–Crippen LogP) is 2.42. The largest absolute Gasteiger partial charge is 0.408 e. The number of carbonyl (C=O) groups is 1. The summed E-state index contributed by atoms with van der Waals surface area (Å²) in [6.07, 6.45) is -5.90. The molecule has 1 saturated heterocycles. The number of nitrogens with one attached hydrogen (secondary N) is 1. The van der Waals surface area contributed by atoms with Gasteiger partial charge in [0.25, 0.3) is 5.91 Å². The number of β-amino-alcohol motifs (C(OH)–C–C–N with tert-alkyl or cyclic N) is 2. The molecular weight excluding hydrogens is 522 g/mol. The summed E-state index contributed by atoms with van der Waals surface area (Å²) in [6, 6.07) is 0.941. The van der Waals surface area contributed by atoms with E-state index in [2.05, 4.69) is 4.98 Å². The van der Waals surface area contributed by atoms with E-state index in [9.17, 15) is 46.1 Å². The van der Waals surface area contributed by atoms with Crippen molar-refractivity contribution in [2.45, 2.75) is 37.3 Å². The monoisotopic (exact) mass is 542 g/mol. The summed E-state index contributed by atoms with van der Waals surface area (Å²) < 4.78 is 84.4. The predicted molar refractivity (Wildman–Crippen MR) is 121 cm³/mol. The number of aliphatic hydroxyl groups is 2. The van der Waals surface area contributed by atoms with E-state index in [0.29, 0.717) is 22.9 Å². The molecule has 1 saturated carbocycles. The third-order valence-electron chi connectivity index (χ3n) is 6.62. The van der Waals surface area contributed by atoms with Gasteiger partial charge in [-0.1, -0.05) is 0 Å². The molecule has 1 aromatic carbocycles. The van der Waals surface area contributed by atoms with Crippen molar-refractivity contribution in [2.24, 2.45) is 5.92 Å². The quantitative estimate of drug-likeness (QED) is 0.428. The smallest absolute Gasteiger partial charge is 0.389 e. The van der Waals surface area contributed by atoms with Gasteiger partial charge in [0.1, 0.15) is 28.9 Å². The molecule has 2 aliphatic rings. The highest BCUT2D eigenvalue weighted by atomic mass is 19.4. The van der Waals surface area contributed by atoms with E-state index >= 15 is 0 Å². The molecule has 1 amide bonds. The average molecular weight is 542 g/mol. The van der Waals surface area contributed by atoms with Gasteiger partial charge < -0.3 is 20.4 Å². The molecule has 3 N–H and O–H groups in total. The fourth-order valence-electron chi connectivity index (χ4n) is 4.54. The van der Waals surface area contributed by atoms with E-state index in [0.717, 1.165) is 6.07 Å². The maximum Gasteiger partial charge on any atom is 0.408 e. The van der Waals surface area contributed by atoms with Gasteiger partial charge in [-0.2, -0.15) is 13.2 Å². The first kappa shape index (κ1) is 26.0. The standard InChI is InChI=1S/C24H20F6N4O4/c25-11-5-14(26)19(15(27)6-11)34-7-13(23(38)32-21(10-1-2-10)24(28,29)30)20(37)12-3-4-18(31-22(12)34)33-8-16(35)17(36)9-33/h3-7,10,16-17,21,35-36H,1-2,8-9H2,(H,32,38)/t16-,17-,21?/m0/s1. The van der Waals surface area contributed by atoms with Gasteiger partial charge in [0.05, 0.1) is 17.6 Å². The number of rotatable bonds is 5. The lowest BCUT2D eigenvalue weighted by atomic mass is 10.1. The summed E-state index contributed by atoms with van der Waals surface area (Å²) >= 11 is 0. The van der Waals surface area contributed by atoms with E-state index in [1.807, 2.05) is 5.32 Å². The summed E-state index contributed by atoms with van der Waals surface area (Å²) in [5, 5.41) is 21.2. The lowest BCUT2D eigenvalue weighted by molar-refractivity contribution is -0.158. The molecule has 14 heteroatoms. The van der Waals surface area contributed by atoms with Gasteiger partial charge in [-0.05, 0) is 30.9 Å². The van der Waals surface area contributed by atoms with E-state index < -0.39 is 70.4 Å². The first-order valence-corrected chi connectivity index (χ1v) is 11.5. The minimum Gasteiger partial charge on any atom is -0.389 e. The maximum absolute atomic E-state index is 14.8. The van der Waals surface area contributed by atoms with Crippen LogP contribution >= 0.6 is 0 Å². The molecule has 2 fully saturated rings. The van der Waals surface area contributed by atoms with Gasteiger partial charge in [0, 0.05) is 31.4 Å². The van der Waals surface area contributed by atoms with Crippen molar-refractivity contribution in [2.75, 3.05) is 18.0 Å². The Hall–Kier alpha value is -3.65. The number of pyridine rings is 2. The molecule has 5 rings (SSSR count). The number of amides is 1. The molecule has 0 bridgehead atoms. The van der Waals surface area contributed by atoms with Crippen molar-refractivity contribution in [1.82, 2.24) is 14.9 Å². The summed E-state index contributed by atoms with van der Waals surface area (Å²) in [4.78, 5) is 31.8. The first-order valence-electron chi connectivity index (χ1n) is 11.5. The Labute approximate surface area is 210 Å². The van der Waals surface area contributed by atoms with Gasteiger partial charge in [0.2, 0.25) is 5.43 Å². The fourth-order valence-corrected chi connectivity index (χ4v) is 4.54. The van der Waals surface area contributed by atoms with Crippen molar-refractivity contribution in [3.63, 3.8) is 0 Å². The highest BCUT2D eigenvalue weighted by molar-refractivity contribution is 5.97. The number of aliphatic hydroxyl groups excluding tert-OH is 2. The topological polar surface area (TPSA) is 108 Å². The molecule has 0 radical (unpaired) electrons. The third kappa shape index (κ3) is 4.69. The van der Waals surface area contributed by atoms with Crippen LogP contribution in [0.4, 0.5) is 32.2 Å². The summed E-state index contributed by atoms with van der Waals surface area (Å²) in [5.74, 6) is -6.28. The number of hydrogen-bond donors (Lipinski definition) is 3. The van der Waals surface area contributed by atoms with Crippen LogP contribution in [0.5, 0.6) is 0 Å². The van der Waals surface area contributed by atoms with Crippen LogP contribution in [0.25, 0.3) is 16.7 Å². The van der Waals surface area contributed by atoms with Crippen LogP contribution in [0, 0.1) is 23.4 Å². The SMILES string of the molecule is O=C(NC(C1CC1)C(F)(F)F)c1cn(-c2c(F)cc(F)cc2F)c2nc(N3C[C@H](O)[C@@H](O)C3)ccc2c1=O. The molecule has 3 aromatic rings. The normalized spacial score (nSPS) is 20.7. The van der Waals surface area contributed by atoms with Crippen molar-refractivity contribution < 1.29 is 41.4 Å². The molecule has 8 nitrogen and oxygen atoms in total. The number of hydrogen-bond acceptors (Lipinski definition) is 6. The molecule has 3 heterocycles. The van der Waals surface area contributed by atoms with Gasteiger partial charge in [-0.3, -0.25) is 14.2 Å². The highest BCUT2D eigenvalue weighted by Gasteiger charge is 2.50. The maximum atomic E-state index is 14.8. The molecule has 38 heavy (non-hydrogen) atoms. The van der Waals surface area contributed by atoms with Gasteiger partial charge >= 0.3 is 6.18 Å². The molecule has 1 unspecified atom stereocenters. The van der Waals surface area contributed by atoms with Crippen LogP contribution < -0.4 is 15.6 Å². The minimum atomic E-state index is -4.79. The Morgan fingerprint density at radius 1 is 1.05 bits per heavy atom. The molecule has 0 spiro atoms. The van der Waals surface area contributed by atoms with E-state index in [1.54, 1.807) is 0 Å². The van der Waals surface area contributed by atoms with Crippen molar-refractivity contribution >= 4 is 22.8 Å². The van der Waals surface area contributed by atoms with Crippen LogP contribution in [-0.4, -0.2) is 63.2 Å². The van der Waals surface area contributed by atoms with Crippen molar-refractivity contribution in [1.29, 1.82) is 0 Å². The van der Waals surface area contributed by atoms with Gasteiger partial charge in [-0.25, -0.2) is 18.2 Å². The van der Waals surface area contributed by atoms with E-state index in [4.69, 9.17) is 0 Å². The molecule has 2 aromatic heterocycles. The van der Waals surface area contributed by atoms with Crippen LogP contribution in [0.1, 0.15) is 23.2 Å². The third-order valence-corrected chi connectivity index (χ3v) is 6.62. The van der Waals surface area contributed by atoms with Crippen molar-refractivity contribution in [3.8, 4) is 5.69 Å². The van der Waals surface area contributed by atoms with E-state index in [-0.39, 0.29) is 42.8 Å². The highest BCUT2D eigenvalue weighted by Crippen LogP contribution is 2.40. The van der Waals surface area contributed by atoms with Gasteiger partial charge in [0.15, 0.2) is 17.3 Å². The number of fused-ring (bicyclic) bond motifs is 1. The second-order valence-corrected chi connectivity index (χ2v) is 9.37. The lowest BCUT2D eigenvalue weighted by Crippen LogP contribution is -2.48. The summed E-state index contributed by atoms with van der Waals surface area (Å²) in [6.45, 7) is -0.104. The lowest BCUT2D eigenvalue weighted by Gasteiger charge is -2.22. The second-order valence-electron chi connectivity index (χ2n) is 9.37. The zero-order valence-corrected chi connectivity index (χ0v) is 19.3. The number of carbonyl (C=O) groups excluding carboxylic acids is 1. The summed E-state index contributed by atoms with van der Waals surface area (Å²) in [7, 11) is 0. The van der Waals surface area contributed by atoms with Crippen molar-refractivity contribution in [3.05, 3.63) is 63.7 Å². The molecule has 202 valence electrons.